The Morgan fingerprint density at radius 1 is 1.36 bits per heavy atom. The van der Waals surface area contributed by atoms with Crippen molar-refractivity contribution in [1.82, 2.24) is 4.90 Å². The number of hydrogen-bond donors (Lipinski definition) is 1. The molecule has 1 aliphatic heterocycles. The fourth-order valence-electron chi connectivity index (χ4n) is 1.56. The predicted octanol–water partition coefficient (Wildman–Crippen LogP) is 1.10. The number of aliphatic hydroxyl groups is 1. The second-order valence-electron chi connectivity index (χ2n) is 3.92. The van der Waals surface area contributed by atoms with Crippen molar-refractivity contribution in [2.75, 3.05) is 13.1 Å². The summed E-state index contributed by atoms with van der Waals surface area (Å²) in [5, 5.41) is 9.29. The zero-order valence-corrected chi connectivity index (χ0v) is 7.75. The van der Waals surface area contributed by atoms with Crippen LogP contribution in [0.2, 0.25) is 0 Å². The first-order valence-corrected chi connectivity index (χ1v) is 4.53. The van der Waals surface area contributed by atoms with Crippen LogP contribution < -0.4 is 0 Å². The third kappa shape index (κ3) is 2.17. The monoisotopic (exact) mass is 157 g/mol. The van der Waals surface area contributed by atoms with Crippen LogP contribution in [-0.4, -0.2) is 35.2 Å². The number of nitrogens with zero attached hydrogens (tertiary/aromatic N) is 1. The fourth-order valence-corrected chi connectivity index (χ4v) is 1.56. The van der Waals surface area contributed by atoms with E-state index in [0.29, 0.717) is 12.0 Å². The molecule has 1 aliphatic rings. The second-order valence-corrected chi connectivity index (χ2v) is 3.92. The lowest BCUT2D eigenvalue weighted by molar-refractivity contribution is 0.148. The first-order chi connectivity index (χ1) is 5.11. The highest BCUT2D eigenvalue weighted by atomic mass is 16.3. The van der Waals surface area contributed by atoms with E-state index in [0.717, 1.165) is 19.5 Å². The maximum atomic E-state index is 9.29. The molecular formula is C9H19NO. The molecule has 66 valence electrons. The van der Waals surface area contributed by atoms with Crippen molar-refractivity contribution < 1.29 is 5.11 Å². The van der Waals surface area contributed by atoms with Crippen LogP contribution in [-0.2, 0) is 0 Å². The minimum Gasteiger partial charge on any atom is -0.392 e. The van der Waals surface area contributed by atoms with Crippen LogP contribution in [0.4, 0.5) is 0 Å². The Balaban J connectivity index is 2.36. The van der Waals surface area contributed by atoms with Gasteiger partial charge in [0.05, 0.1) is 6.10 Å². The average Bonchev–Trinajstić information content (AvgIpc) is 2.34. The molecule has 0 aromatic carbocycles. The minimum atomic E-state index is -0.0730. The second kappa shape index (κ2) is 3.55. The summed E-state index contributed by atoms with van der Waals surface area (Å²) >= 11 is 0. The summed E-state index contributed by atoms with van der Waals surface area (Å²) in [5.41, 5.74) is 0. The molecule has 1 N–H and O–H groups in total. The molecule has 1 saturated heterocycles. The van der Waals surface area contributed by atoms with Crippen LogP contribution in [0.25, 0.3) is 0 Å². The highest BCUT2D eigenvalue weighted by molar-refractivity contribution is 4.79. The molecule has 1 rings (SSSR count). The van der Waals surface area contributed by atoms with Gasteiger partial charge in [0.25, 0.3) is 0 Å². The van der Waals surface area contributed by atoms with Crippen molar-refractivity contribution >= 4 is 0 Å². The van der Waals surface area contributed by atoms with Crippen LogP contribution in [0, 0.1) is 5.92 Å². The van der Waals surface area contributed by atoms with Crippen LogP contribution in [0.15, 0.2) is 0 Å². The van der Waals surface area contributed by atoms with Gasteiger partial charge < -0.3 is 5.11 Å². The maximum absolute atomic E-state index is 9.29. The van der Waals surface area contributed by atoms with Crippen molar-refractivity contribution in [3.63, 3.8) is 0 Å². The first kappa shape index (κ1) is 9.01. The van der Waals surface area contributed by atoms with Crippen LogP contribution >= 0.6 is 0 Å². The van der Waals surface area contributed by atoms with E-state index in [1.807, 2.05) is 0 Å². The number of likely N-dealkylation sites (tertiary alicyclic amines) is 1. The van der Waals surface area contributed by atoms with Crippen LogP contribution in [0.3, 0.4) is 0 Å². The molecule has 0 aliphatic carbocycles. The van der Waals surface area contributed by atoms with Crippen LogP contribution in [0.5, 0.6) is 0 Å². The Labute approximate surface area is 69.2 Å². The smallest absolute Gasteiger partial charge is 0.0679 e. The molecular weight excluding hydrogens is 138 g/mol. The van der Waals surface area contributed by atoms with E-state index in [9.17, 15) is 5.11 Å². The summed E-state index contributed by atoms with van der Waals surface area (Å²) < 4.78 is 0. The van der Waals surface area contributed by atoms with Crippen LogP contribution in [0.1, 0.15) is 27.2 Å². The van der Waals surface area contributed by atoms with Gasteiger partial charge in [-0.1, -0.05) is 13.8 Å². The lowest BCUT2D eigenvalue weighted by atomic mass is 10.1. The standard InChI is InChI=1S/C9H19NO/c1-7(2)8(3)10-5-4-9(11)6-10/h7-9,11H,4-6H2,1-3H3/t8-,9+/m1/s1. The molecule has 0 bridgehead atoms. The number of rotatable bonds is 2. The molecule has 0 saturated carbocycles. The molecule has 0 radical (unpaired) electrons. The third-order valence-corrected chi connectivity index (χ3v) is 2.74. The molecule has 2 heteroatoms. The van der Waals surface area contributed by atoms with Gasteiger partial charge in [0, 0.05) is 19.1 Å². The quantitative estimate of drug-likeness (QED) is 0.649. The summed E-state index contributed by atoms with van der Waals surface area (Å²) in [6.45, 7) is 8.65. The molecule has 0 spiro atoms. The first-order valence-electron chi connectivity index (χ1n) is 4.53. The lowest BCUT2D eigenvalue weighted by Crippen LogP contribution is -2.35. The Morgan fingerprint density at radius 2 is 2.00 bits per heavy atom. The zero-order chi connectivity index (χ0) is 8.43. The van der Waals surface area contributed by atoms with E-state index in [4.69, 9.17) is 0 Å². The van der Waals surface area contributed by atoms with E-state index in [1.165, 1.54) is 0 Å². The van der Waals surface area contributed by atoms with E-state index < -0.39 is 0 Å². The molecule has 1 heterocycles. The van der Waals surface area contributed by atoms with Gasteiger partial charge in [0.15, 0.2) is 0 Å². The summed E-state index contributed by atoms with van der Waals surface area (Å²) in [5.74, 6) is 0.695. The van der Waals surface area contributed by atoms with Gasteiger partial charge in [-0.2, -0.15) is 0 Å². The lowest BCUT2D eigenvalue weighted by Gasteiger charge is -2.26. The SMILES string of the molecule is CC(C)[C@@H](C)N1CC[C@H](O)C1. The molecule has 2 nitrogen and oxygen atoms in total. The Bertz CT molecular complexity index is 125. The third-order valence-electron chi connectivity index (χ3n) is 2.74. The molecule has 2 atom stereocenters. The van der Waals surface area contributed by atoms with Gasteiger partial charge in [-0.25, -0.2) is 0 Å². The van der Waals surface area contributed by atoms with Gasteiger partial charge in [-0.05, 0) is 19.3 Å². The summed E-state index contributed by atoms with van der Waals surface area (Å²) in [4.78, 5) is 2.37. The fraction of sp³-hybridized carbons (Fsp3) is 1.00. The molecule has 1 fully saturated rings. The Hall–Kier alpha value is -0.0800. The topological polar surface area (TPSA) is 23.5 Å². The van der Waals surface area contributed by atoms with Gasteiger partial charge >= 0.3 is 0 Å². The highest BCUT2D eigenvalue weighted by Crippen LogP contribution is 2.17. The van der Waals surface area contributed by atoms with Crippen molar-refractivity contribution in [2.45, 2.75) is 39.3 Å². The van der Waals surface area contributed by atoms with Gasteiger partial charge in [0.1, 0.15) is 0 Å². The number of aliphatic hydroxyl groups excluding tert-OH is 1. The normalized spacial score (nSPS) is 29.7. The molecule has 0 amide bonds. The van der Waals surface area contributed by atoms with E-state index in [2.05, 4.69) is 25.7 Å². The average molecular weight is 157 g/mol. The summed E-state index contributed by atoms with van der Waals surface area (Å²) in [7, 11) is 0. The van der Waals surface area contributed by atoms with E-state index in [-0.39, 0.29) is 6.10 Å². The molecule has 0 aromatic rings. The molecule has 11 heavy (non-hydrogen) atoms. The Kier molecular flexibility index (Phi) is 2.90. The maximum Gasteiger partial charge on any atom is 0.0679 e. The zero-order valence-electron chi connectivity index (χ0n) is 7.75. The summed E-state index contributed by atoms with van der Waals surface area (Å²) in [6.07, 6.45) is 0.882. The minimum absolute atomic E-state index is 0.0730. The van der Waals surface area contributed by atoms with Crippen molar-refractivity contribution in [2.24, 2.45) is 5.92 Å². The van der Waals surface area contributed by atoms with Gasteiger partial charge in [-0.3, -0.25) is 4.90 Å². The van der Waals surface area contributed by atoms with E-state index in [1.54, 1.807) is 0 Å². The molecule has 0 aromatic heterocycles. The van der Waals surface area contributed by atoms with Gasteiger partial charge in [-0.15, -0.1) is 0 Å². The molecule has 0 unspecified atom stereocenters. The van der Waals surface area contributed by atoms with E-state index >= 15 is 0 Å². The van der Waals surface area contributed by atoms with Gasteiger partial charge in [0.2, 0.25) is 0 Å². The number of β-amino-alcohol motifs (C(OH)–C–C–N with tert-alkyl or cyclic N) is 1. The highest BCUT2D eigenvalue weighted by Gasteiger charge is 2.25. The largest absolute Gasteiger partial charge is 0.392 e. The number of hydrogen-bond acceptors (Lipinski definition) is 2. The summed E-state index contributed by atoms with van der Waals surface area (Å²) in [6, 6.07) is 0.618. The Morgan fingerprint density at radius 3 is 2.36 bits per heavy atom. The van der Waals surface area contributed by atoms with Crippen molar-refractivity contribution in [1.29, 1.82) is 0 Å². The van der Waals surface area contributed by atoms with Crippen molar-refractivity contribution in [3.8, 4) is 0 Å². The van der Waals surface area contributed by atoms with Crippen molar-refractivity contribution in [3.05, 3.63) is 0 Å². The predicted molar refractivity (Wildman–Crippen MR) is 46.5 cm³/mol.